The SMILES string of the molecule is Fc1cccc(-c2nc3cn[n+](Cc4cc(-c5ccc(-c6ccccc6)cc5C(F)(F)F)no4)cc3[nH]2)c1F. The Kier molecular flexibility index (Phi) is 5.90. The third kappa shape index (κ3) is 4.74. The number of alkyl halides is 3. The molecule has 39 heavy (non-hydrogen) atoms. The molecule has 6 nitrogen and oxygen atoms in total. The van der Waals surface area contributed by atoms with Crippen molar-refractivity contribution >= 4 is 11.0 Å². The Balaban J connectivity index is 1.29. The fourth-order valence-electron chi connectivity index (χ4n) is 4.30. The van der Waals surface area contributed by atoms with Crippen LogP contribution in [-0.2, 0) is 12.7 Å². The number of hydrogen-bond donors (Lipinski definition) is 1. The van der Waals surface area contributed by atoms with Gasteiger partial charge in [0.2, 0.25) is 18.5 Å². The summed E-state index contributed by atoms with van der Waals surface area (Å²) in [5.74, 6) is -1.63. The van der Waals surface area contributed by atoms with Crippen LogP contribution in [0.2, 0.25) is 0 Å². The largest absolute Gasteiger partial charge is 0.417 e. The van der Waals surface area contributed by atoms with E-state index < -0.39 is 23.4 Å². The molecule has 0 saturated carbocycles. The Bertz CT molecular complexity index is 1810. The number of benzene rings is 3. The lowest BCUT2D eigenvalue weighted by molar-refractivity contribution is -0.746. The zero-order chi connectivity index (χ0) is 27.1. The molecule has 3 aromatic heterocycles. The number of aromatic amines is 1. The summed E-state index contributed by atoms with van der Waals surface area (Å²) in [6.07, 6.45) is -1.62. The first kappa shape index (κ1) is 24.4. The second kappa shape index (κ2) is 9.43. The van der Waals surface area contributed by atoms with Crippen LogP contribution < -0.4 is 4.68 Å². The van der Waals surface area contributed by atoms with Gasteiger partial charge in [-0.3, -0.25) is 0 Å². The molecule has 0 radical (unpaired) electrons. The molecule has 3 aromatic carbocycles. The predicted molar refractivity (Wildman–Crippen MR) is 131 cm³/mol. The Morgan fingerprint density at radius 3 is 2.49 bits per heavy atom. The van der Waals surface area contributed by atoms with Gasteiger partial charge in [0.15, 0.2) is 11.6 Å². The zero-order valence-electron chi connectivity index (χ0n) is 19.9. The lowest BCUT2D eigenvalue weighted by atomic mass is 9.97. The Morgan fingerprint density at radius 1 is 0.872 bits per heavy atom. The molecule has 3 heterocycles. The van der Waals surface area contributed by atoms with Crippen LogP contribution in [0.5, 0.6) is 0 Å². The molecule has 0 bridgehead atoms. The van der Waals surface area contributed by atoms with Crippen molar-refractivity contribution in [3.63, 3.8) is 0 Å². The number of rotatable bonds is 5. The van der Waals surface area contributed by atoms with E-state index in [-0.39, 0.29) is 35.0 Å². The van der Waals surface area contributed by atoms with Crippen LogP contribution >= 0.6 is 0 Å². The minimum atomic E-state index is -4.61. The molecule has 0 aliphatic carbocycles. The molecule has 1 N–H and O–H groups in total. The molecule has 0 atom stereocenters. The number of fused-ring (bicyclic) bond motifs is 1. The normalized spacial score (nSPS) is 11.8. The van der Waals surface area contributed by atoms with Crippen LogP contribution in [0.3, 0.4) is 0 Å². The van der Waals surface area contributed by atoms with E-state index in [1.165, 1.54) is 35.1 Å². The fourth-order valence-corrected chi connectivity index (χ4v) is 4.30. The maximum Gasteiger partial charge on any atom is 0.417 e. The highest BCUT2D eigenvalue weighted by molar-refractivity contribution is 5.77. The summed E-state index contributed by atoms with van der Waals surface area (Å²) in [4.78, 5) is 7.19. The summed E-state index contributed by atoms with van der Waals surface area (Å²) in [5.41, 5.74) is 1.05. The van der Waals surface area contributed by atoms with Crippen LogP contribution in [0.4, 0.5) is 22.0 Å². The van der Waals surface area contributed by atoms with Crippen molar-refractivity contribution in [1.29, 1.82) is 0 Å². The molecule has 194 valence electrons. The minimum absolute atomic E-state index is 0.0311. The maximum absolute atomic E-state index is 14.2. The van der Waals surface area contributed by atoms with Crippen molar-refractivity contribution in [2.45, 2.75) is 12.7 Å². The van der Waals surface area contributed by atoms with Crippen LogP contribution in [0.25, 0.3) is 44.8 Å². The Labute approximate surface area is 217 Å². The molecule has 0 fully saturated rings. The van der Waals surface area contributed by atoms with E-state index in [0.29, 0.717) is 22.2 Å². The van der Waals surface area contributed by atoms with E-state index in [4.69, 9.17) is 4.52 Å². The third-order valence-corrected chi connectivity index (χ3v) is 6.16. The molecule has 0 unspecified atom stereocenters. The minimum Gasteiger partial charge on any atom is -0.354 e. The summed E-state index contributed by atoms with van der Waals surface area (Å²) >= 11 is 0. The Hall–Kier alpha value is -4.93. The highest BCUT2D eigenvalue weighted by Gasteiger charge is 2.35. The zero-order valence-corrected chi connectivity index (χ0v) is 19.9. The van der Waals surface area contributed by atoms with Crippen molar-refractivity contribution in [3.05, 3.63) is 108 Å². The summed E-state index contributed by atoms with van der Waals surface area (Å²) in [5, 5.41) is 8.10. The summed E-state index contributed by atoms with van der Waals surface area (Å²) in [6.45, 7) is 0.0507. The van der Waals surface area contributed by atoms with E-state index >= 15 is 0 Å². The molecular weight excluding hydrogens is 517 g/mol. The van der Waals surface area contributed by atoms with Gasteiger partial charge in [-0.05, 0) is 34.4 Å². The number of H-pyrrole nitrogens is 1. The average Bonchev–Trinajstić information content (AvgIpc) is 3.57. The third-order valence-electron chi connectivity index (χ3n) is 6.16. The summed E-state index contributed by atoms with van der Waals surface area (Å²) in [7, 11) is 0. The number of nitrogens with zero attached hydrogens (tertiary/aromatic N) is 4. The van der Waals surface area contributed by atoms with Gasteiger partial charge in [0, 0.05) is 11.6 Å². The van der Waals surface area contributed by atoms with Gasteiger partial charge in [-0.25, -0.2) is 13.8 Å². The Morgan fingerprint density at radius 2 is 1.69 bits per heavy atom. The number of imidazole rings is 1. The van der Waals surface area contributed by atoms with Crippen LogP contribution in [0, 0.1) is 11.6 Å². The second-order valence-corrected chi connectivity index (χ2v) is 8.76. The first-order valence-electron chi connectivity index (χ1n) is 11.7. The lowest BCUT2D eigenvalue weighted by Crippen LogP contribution is -2.37. The molecule has 11 heteroatoms. The van der Waals surface area contributed by atoms with Gasteiger partial charge in [-0.15, -0.1) is 0 Å². The van der Waals surface area contributed by atoms with Gasteiger partial charge in [-0.1, -0.05) is 58.4 Å². The maximum atomic E-state index is 14.2. The van der Waals surface area contributed by atoms with E-state index in [0.717, 1.165) is 12.1 Å². The van der Waals surface area contributed by atoms with Gasteiger partial charge in [-0.2, -0.15) is 13.2 Å². The molecule has 0 aliphatic heterocycles. The van der Waals surface area contributed by atoms with E-state index in [2.05, 4.69) is 20.2 Å². The molecule has 0 spiro atoms. The van der Waals surface area contributed by atoms with Crippen molar-refractivity contribution in [2.75, 3.05) is 0 Å². The average molecular weight is 534 g/mol. The quantitative estimate of drug-likeness (QED) is 0.200. The van der Waals surface area contributed by atoms with Gasteiger partial charge >= 0.3 is 6.18 Å². The summed E-state index contributed by atoms with van der Waals surface area (Å²) < 4.78 is 76.5. The number of nitrogens with one attached hydrogen (secondary N) is 1. The summed E-state index contributed by atoms with van der Waals surface area (Å²) in [6, 6.07) is 18.1. The first-order chi connectivity index (χ1) is 18.8. The van der Waals surface area contributed by atoms with Gasteiger partial charge in [0.25, 0.3) is 0 Å². The van der Waals surface area contributed by atoms with Gasteiger partial charge < -0.3 is 9.51 Å². The monoisotopic (exact) mass is 534 g/mol. The van der Waals surface area contributed by atoms with E-state index in [1.54, 1.807) is 42.6 Å². The van der Waals surface area contributed by atoms with Gasteiger partial charge in [0.05, 0.1) is 11.1 Å². The number of aromatic nitrogens is 5. The molecule has 0 amide bonds. The standard InChI is InChI=1S/C28H16F5N5O/c29-22-8-4-7-20(26(22)30)27-35-24-13-34-38(15-25(24)36-27)14-18-12-23(37-39-18)19-10-9-17(11-21(19)28(31,32)33)16-5-2-1-3-6-16/h1-13,15H,14H2/p+1. The first-order valence-corrected chi connectivity index (χ1v) is 11.7. The van der Waals surface area contributed by atoms with Crippen molar-refractivity contribution in [3.8, 4) is 33.8 Å². The smallest absolute Gasteiger partial charge is 0.354 e. The van der Waals surface area contributed by atoms with Crippen LogP contribution in [0.15, 0.2) is 89.7 Å². The predicted octanol–water partition coefficient (Wildman–Crippen LogP) is 6.58. The number of halogens is 5. The molecule has 0 saturated heterocycles. The highest BCUT2D eigenvalue weighted by atomic mass is 19.4. The van der Waals surface area contributed by atoms with Crippen molar-refractivity contribution in [1.82, 2.24) is 20.2 Å². The molecule has 0 aliphatic rings. The van der Waals surface area contributed by atoms with Crippen LogP contribution in [-0.4, -0.2) is 20.2 Å². The van der Waals surface area contributed by atoms with E-state index in [9.17, 15) is 22.0 Å². The van der Waals surface area contributed by atoms with Gasteiger partial charge in [0.1, 0.15) is 28.7 Å². The van der Waals surface area contributed by atoms with E-state index in [1.807, 2.05) is 0 Å². The van der Waals surface area contributed by atoms with Crippen LogP contribution in [0.1, 0.15) is 11.3 Å². The number of hydrogen-bond acceptors (Lipinski definition) is 4. The lowest BCUT2D eigenvalue weighted by Gasteiger charge is -2.13. The molecule has 6 aromatic rings. The topological polar surface area (TPSA) is 71.5 Å². The van der Waals surface area contributed by atoms with Crippen molar-refractivity contribution in [2.24, 2.45) is 0 Å². The van der Waals surface area contributed by atoms with Crippen molar-refractivity contribution < 1.29 is 31.2 Å². The highest BCUT2D eigenvalue weighted by Crippen LogP contribution is 2.39. The fraction of sp³-hybridized carbons (Fsp3) is 0.0714. The molecular formula is C28H17F5N5O+. The molecule has 6 rings (SSSR count). The second-order valence-electron chi connectivity index (χ2n) is 8.76.